The van der Waals surface area contributed by atoms with Crippen molar-refractivity contribution >= 4 is 5.97 Å². The largest absolute Gasteiger partial charge is 0.477 e. The molecular formula is C22H44O4. The Labute approximate surface area is 162 Å². The van der Waals surface area contributed by atoms with Crippen molar-refractivity contribution in [3.63, 3.8) is 0 Å². The molecule has 26 heavy (non-hydrogen) atoms. The molecule has 0 rings (SSSR count). The van der Waals surface area contributed by atoms with E-state index in [2.05, 4.69) is 6.92 Å². The molecule has 0 saturated carbocycles. The quantitative estimate of drug-likeness (QED) is 0.202. The fourth-order valence-electron chi connectivity index (χ4n) is 3.39. The molecule has 0 bridgehead atoms. The number of carboxylic acid groups (broad SMARTS) is 1. The summed E-state index contributed by atoms with van der Waals surface area (Å²) in [6.45, 7) is 5.93. The van der Waals surface area contributed by atoms with Gasteiger partial charge in [0.25, 0.3) is 5.79 Å². The Morgan fingerprint density at radius 2 is 1.19 bits per heavy atom. The summed E-state index contributed by atoms with van der Waals surface area (Å²) < 4.78 is 10.7. The van der Waals surface area contributed by atoms with Crippen LogP contribution in [-0.2, 0) is 14.3 Å². The highest BCUT2D eigenvalue weighted by Gasteiger charge is 2.40. The molecule has 0 aliphatic carbocycles. The molecule has 1 atom stereocenters. The number of carbonyl (C=O) groups is 1. The van der Waals surface area contributed by atoms with Gasteiger partial charge in [-0.05, 0) is 20.3 Å². The first-order chi connectivity index (χ1) is 12.5. The van der Waals surface area contributed by atoms with E-state index in [1.54, 1.807) is 0 Å². The molecule has 0 aromatic carbocycles. The SMILES string of the molecule is CCCCCCCCCCCCCCCCC(OC)(OC(C)C)C(=O)O. The average molecular weight is 373 g/mol. The molecule has 1 N–H and O–H groups in total. The van der Waals surface area contributed by atoms with E-state index in [0.29, 0.717) is 6.42 Å². The van der Waals surface area contributed by atoms with Crippen LogP contribution in [0, 0.1) is 0 Å². The minimum absolute atomic E-state index is 0.169. The van der Waals surface area contributed by atoms with Crippen LogP contribution < -0.4 is 0 Å². The van der Waals surface area contributed by atoms with Gasteiger partial charge in [-0.3, -0.25) is 0 Å². The molecular weight excluding hydrogens is 328 g/mol. The zero-order chi connectivity index (χ0) is 19.7. The van der Waals surface area contributed by atoms with Crippen molar-refractivity contribution in [1.29, 1.82) is 0 Å². The lowest BCUT2D eigenvalue weighted by atomic mass is 10.0. The molecule has 0 spiro atoms. The van der Waals surface area contributed by atoms with Gasteiger partial charge in [0.2, 0.25) is 0 Å². The predicted molar refractivity (Wildman–Crippen MR) is 109 cm³/mol. The Kier molecular flexibility index (Phi) is 16.2. The second-order valence-corrected chi connectivity index (χ2v) is 7.77. The summed E-state index contributed by atoms with van der Waals surface area (Å²) in [5, 5.41) is 9.43. The van der Waals surface area contributed by atoms with E-state index in [4.69, 9.17) is 9.47 Å². The number of unbranched alkanes of at least 4 members (excludes halogenated alkanes) is 13. The maximum Gasteiger partial charge on any atom is 0.364 e. The first kappa shape index (κ1) is 25.4. The van der Waals surface area contributed by atoms with Crippen molar-refractivity contribution in [1.82, 2.24) is 0 Å². The van der Waals surface area contributed by atoms with Crippen molar-refractivity contribution < 1.29 is 19.4 Å². The summed E-state index contributed by atoms with van der Waals surface area (Å²) >= 11 is 0. The maximum atomic E-state index is 11.5. The first-order valence-electron chi connectivity index (χ1n) is 10.9. The lowest BCUT2D eigenvalue weighted by molar-refractivity contribution is -0.249. The molecule has 0 aromatic rings. The van der Waals surface area contributed by atoms with Crippen LogP contribution in [0.25, 0.3) is 0 Å². The van der Waals surface area contributed by atoms with Crippen LogP contribution in [0.5, 0.6) is 0 Å². The molecule has 4 nitrogen and oxygen atoms in total. The minimum Gasteiger partial charge on any atom is -0.477 e. The highest BCUT2D eigenvalue weighted by atomic mass is 16.7. The first-order valence-corrected chi connectivity index (χ1v) is 10.9. The lowest BCUT2D eigenvalue weighted by Gasteiger charge is -2.29. The summed E-state index contributed by atoms with van der Waals surface area (Å²) in [6, 6.07) is 0. The van der Waals surface area contributed by atoms with Gasteiger partial charge < -0.3 is 14.6 Å². The number of ether oxygens (including phenoxy) is 2. The van der Waals surface area contributed by atoms with Crippen LogP contribution in [0.3, 0.4) is 0 Å². The van der Waals surface area contributed by atoms with Crippen LogP contribution in [0.15, 0.2) is 0 Å². The van der Waals surface area contributed by atoms with Crippen LogP contribution in [-0.4, -0.2) is 30.1 Å². The molecule has 0 amide bonds. The third-order valence-electron chi connectivity index (χ3n) is 4.94. The van der Waals surface area contributed by atoms with Crippen LogP contribution in [0.4, 0.5) is 0 Å². The smallest absolute Gasteiger partial charge is 0.364 e. The Balaban J connectivity index is 3.58. The van der Waals surface area contributed by atoms with E-state index in [1.807, 2.05) is 13.8 Å². The van der Waals surface area contributed by atoms with Crippen LogP contribution >= 0.6 is 0 Å². The fourth-order valence-corrected chi connectivity index (χ4v) is 3.39. The van der Waals surface area contributed by atoms with Gasteiger partial charge in [-0.1, -0.05) is 90.4 Å². The molecule has 0 aliphatic rings. The molecule has 156 valence electrons. The minimum atomic E-state index is -1.48. The van der Waals surface area contributed by atoms with Gasteiger partial charge in [-0.15, -0.1) is 0 Å². The third-order valence-corrected chi connectivity index (χ3v) is 4.94. The van der Waals surface area contributed by atoms with Gasteiger partial charge in [0, 0.05) is 13.5 Å². The highest BCUT2D eigenvalue weighted by molar-refractivity contribution is 5.75. The van der Waals surface area contributed by atoms with Gasteiger partial charge in [-0.2, -0.15) is 0 Å². The molecule has 0 heterocycles. The van der Waals surface area contributed by atoms with Crippen molar-refractivity contribution in [3.8, 4) is 0 Å². The monoisotopic (exact) mass is 372 g/mol. The van der Waals surface area contributed by atoms with Crippen LogP contribution in [0.2, 0.25) is 0 Å². The number of aliphatic carboxylic acids is 1. The summed E-state index contributed by atoms with van der Waals surface area (Å²) in [5.74, 6) is -2.51. The highest BCUT2D eigenvalue weighted by Crippen LogP contribution is 2.24. The summed E-state index contributed by atoms with van der Waals surface area (Å²) in [7, 11) is 1.42. The third kappa shape index (κ3) is 12.7. The molecule has 0 radical (unpaired) electrons. The standard InChI is InChI=1S/C22H44O4/c1-5-6-7-8-9-10-11-12-13-14-15-16-17-18-19-22(25-4,21(23)24)26-20(2)3/h20H,5-19H2,1-4H3,(H,23,24). The second-order valence-electron chi connectivity index (χ2n) is 7.77. The van der Waals surface area contributed by atoms with Gasteiger partial charge in [-0.25, -0.2) is 4.79 Å². The van der Waals surface area contributed by atoms with E-state index in [9.17, 15) is 9.90 Å². The van der Waals surface area contributed by atoms with Gasteiger partial charge in [0.1, 0.15) is 0 Å². The zero-order valence-electron chi connectivity index (χ0n) is 17.9. The Hall–Kier alpha value is -0.610. The van der Waals surface area contributed by atoms with Crippen LogP contribution in [0.1, 0.15) is 117 Å². The molecule has 1 unspecified atom stereocenters. The van der Waals surface area contributed by atoms with Crippen molar-refractivity contribution in [2.45, 2.75) is 129 Å². The predicted octanol–water partition coefficient (Wildman–Crippen LogP) is 6.71. The molecule has 4 heteroatoms. The Morgan fingerprint density at radius 3 is 1.50 bits per heavy atom. The van der Waals surface area contributed by atoms with E-state index in [-0.39, 0.29) is 6.10 Å². The number of rotatable bonds is 19. The normalized spacial score (nSPS) is 13.9. The zero-order valence-corrected chi connectivity index (χ0v) is 17.9. The molecule has 0 aromatic heterocycles. The van der Waals surface area contributed by atoms with Gasteiger partial charge in [0.05, 0.1) is 6.10 Å². The Morgan fingerprint density at radius 1 is 0.808 bits per heavy atom. The summed E-state index contributed by atoms with van der Waals surface area (Å²) in [5.41, 5.74) is 0. The van der Waals surface area contributed by atoms with E-state index < -0.39 is 11.8 Å². The molecule has 0 saturated heterocycles. The fraction of sp³-hybridized carbons (Fsp3) is 0.955. The van der Waals surface area contributed by atoms with Crippen molar-refractivity contribution in [3.05, 3.63) is 0 Å². The average Bonchev–Trinajstić information content (AvgIpc) is 2.60. The van der Waals surface area contributed by atoms with E-state index in [1.165, 1.54) is 77.7 Å². The number of hydrogen-bond acceptors (Lipinski definition) is 3. The topological polar surface area (TPSA) is 55.8 Å². The number of methoxy groups -OCH3 is 1. The maximum absolute atomic E-state index is 11.5. The van der Waals surface area contributed by atoms with E-state index >= 15 is 0 Å². The van der Waals surface area contributed by atoms with Gasteiger partial charge >= 0.3 is 5.97 Å². The molecule has 0 fully saturated rings. The lowest BCUT2D eigenvalue weighted by Crippen LogP contribution is -2.45. The van der Waals surface area contributed by atoms with Crippen molar-refractivity contribution in [2.75, 3.05) is 7.11 Å². The second kappa shape index (κ2) is 16.6. The summed E-state index contributed by atoms with van der Waals surface area (Å²) in [6.07, 6.45) is 18.2. The number of hydrogen-bond donors (Lipinski definition) is 1. The van der Waals surface area contributed by atoms with E-state index in [0.717, 1.165) is 19.3 Å². The summed E-state index contributed by atoms with van der Waals surface area (Å²) in [4.78, 5) is 11.5. The van der Waals surface area contributed by atoms with Gasteiger partial charge in [0.15, 0.2) is 0 Å². The van der Waals surface area contributed by atoms with Crippen molar-refractivity contribution in [2.24, 2.45) is 0 Å². The molecule has 0 aliphatic heterocycles. The number of carboxylic acids is 1. The Bertz CT molecular complexity index is 330.